The Kier molecular flexibility index (Phi) is 3.91. The Morgan fingerprint density at radius 3 is 3.05 bits per heavy atom. The number of nitrogens with one attached hydrogen (secondary N) is 1. The molecule has 100 valence electrons. The fourth-order valence-corrected chi connectivity index (χ4v) is 4.08. The van der Waals surface area contributed by atoms with Crippen LogP contribution >= 0.6 is 27.3 Å². The van der Waals surface area contributed by atoms with E-state index in [9.17, 15) is 5.11 Å². The van der Waals surface area contributed by atoms with E-state index >= 15 is 0 Å². The zero-order chi connectivity index (χ0) is 13.2. The van der Waals surface area contributed by atoms with E-state index in [-0.39, 0.29) is 0 Å². The van der Waals surface area contributed by atoms with Crippen molar-refractivity contribution in [2.75, 3.05) is 0 Å². The number of thiophene rings is 1. The summed E-state index contributed by atoms with van der Waals surface area (Å²) in [7, 11) is 0. The van der Waals surface area contributed by atoms with Crippen molar-refractivity contribution in [3.05, 3.63) is 50.1 Å². The maximum absolute atomic E-state index is 9.56. The van der Waals surface area contributed by atoms with Gasteiger partial charge in [0.25, 0.3) is 0 Å². The van der Waals surface area contributed by atoms with Crippen molar-refractivity contribution in [1.82, 2.24) is 5.32 Å². The molecule has 0 aliphatic heterocycles. The topological polar surface area (TPSA) is 32.3 Å². The highest BCUT2D eigenvalue weighted by Crippen LogP contribution is 2.32. The number of phenols is 1. The molecule has 0 saturated heterocycles. The minimum Gasteiger partial charge on any atom is -0.508 e. The van der Waals surface area contributed by atoms with Crippen LogP contribution in [0.4, 0.5) is 0 Å². The standard InChI is InChI=1S/C15H16BrNOS/c16-11-7-13(19-9-11)8-17-15-3-1-2-10-6-12(18)4-5-14(10)15/h4-7,9,15,17-18H,1-3,8H2. The van der Waals surface area contributed by atoms with Gasteiger partial charge in [0.1, 0.15) is 5.75 Å². The van der Waals surface area contributed by atoms with Gasteiger partial charge in [0, 0.05) is 27.3 Å². The Balaban J connectivity index is 1.73. The van der Waals surface area contributed by atoms with E-state index in [2.05, 4.69) is 38.8 Å². The van der Waals surface area contributed by atoms with E-state index in [4.69, 9.17) is 0 Å². The number of halogens is 1. The van der Waals surface area contributed by atoms with Gasteiger partial charge in [-0.2, -0.15) is 0 Å². The number of hydrogen-bond donors (Lipinski definition) is 2. The number of hydrogen-bond acceptors (Lipinski definition) is 3. The van der Waals surface area contributed by atoms with Crippen LogP contribution < -0.4 is 5.32 Å². The molecule has 0 radical (unpaired) electrons. The van der Waals surface area contributed by atoms with Gasteiger partial charge >= 0.3 is 0 Å². The zero-order valence-electron chi connectivity index (χ0n) is 10.5. The molecule has 0 bridgehead atoms. The first-order valence-electron chi connectivity index (χ1n) is 6.50. The van der Waals surface area contributed by atoms with Gasteiger partial charge in [0.2, 0.25) is 0 Å². The molecule has 2 nitrogen and oxygen atoms in total. The molecule has 1 aromatic heterocycles. The Morgan fingerprint density at radius 1 is 1.37 bits per heavy atom. The smallest absolute Gasteiger partial charge is 0.115 e. The molecular weight excluding hydrogens is 322 g/mol. The molecule has 1 aliphatic rings. The molecule has 0 amide bonds. The van der Waals surface area contributed by atoms with Crippen LogP contribution in [0.1, 0.15) is 34.9 Å². The average molecular weight is 338 g/mol. The summed E-state index contributed by atoms with van der Waals surface area (Å²) in [6.45, 7) is 0.904. The van der Waals surface area contributed by atoms with Crippen molar-refractivity contribution in [3.8, 4) is 5.75 Å². The molecule has 0 spiro atoms. The second-order valence-corrected chi connectivity index (χ2v) is 6.85. The first-order valence-corrected chi connectivity index (χ1v) is 8.18. The molecule has 0 saturated carbocycles. The van der Waals surface area contributed by atoms with Crippen LogP contribution in [-0.4, -0.2) is 5.11 Å². The third-order valence-corrected chi connectivity index (χ3v) is 5.28. The van der Waals surface area contributed by atoms with Gasteiger partial charge in [0.05, 0.1) is 0 Å². The zero-order valence-corrected chi connectivity index (χ0v) is 12.9. The van der Waals surface area contributed by atoms with Gasteiger partial charge in [-0.1, -0.05) is 6.07 Å². The summed E-state index contributed by atoms with van der Waals surface area (Å²) >= 11 is 5.26. The molecule has 2 N–H and O–H groups in total. The fraction of sp³-hybridized carbons (Fsp3) is 0.333. The van der Waals surface area contributed by atoms with Crippen molar-refractivity contribution >= 4 is 27.3 Å². The average Bonchev–Trinajstić information content (AvgIpc) is 2.81. The maximum Gasteiger partial charge on any atom is 0.115 e. The lowest BCUT2D eigenvalue weighted by Crippen LogP contribution is -2.24. The third-order valence-electron chi connectivity index (χ3n) is 3.59. The lowest BCUT2D eigenvalue weighted by Gasteiger charge is -2.26. The number of aryl methyl sites for hydroxylation is 1. The van der Waals surface area contributed by atoms with Crippen LogP contribution in [-0.2, 0) is 13.0 Å². The van der Waals surface area contributed by atoms with Crippen LogP contribution in [0.5, 0.6) is 5.75 Å². The number of fused-ring (bicyclic) bond motifs is 1. The van der Waals surface area contributed by atoms with E-state index in [0.717, 1.165) is 17.4 Å². The third kappa shape index (κ3) is 3.02. The van der Waals surface area contributed by atoms with Gasteiger partial charge in [-0.05, 0) is 64.5 Å². The largest absolute Gasteiger partial charge is 0.508 e. The number of phenolic OH excluding ortho intramolecular Hbond substituents is 1. The summed E-state index contributed by atoms with van der Waals surface area (Å²) in [5, 5.41) is 15.3. The van der Waals surface area contributed by atoms with Crippen LogP contribution in [0.2, 0.25) is 0 Å². The molecule has 1 atom stereocenters. The molecule has 3 rings (SSSR count). The van der Waals surface area contributed by atoms with Gasteiger partial charge < -0.3 is 10.4 Å². The van der Waals surface area contributed by atoms with Gasteiger partial charge in [0.15, 0.2) is 0 Å². The summed E-state index contributed by atoms with van der Waals surface area (Å²) < 4.78 is 1.16. The van der Waals surface area contributed by atoms with E-state index in [1.165, 1.54) is 28.8 Å². The first kappa shape index (κ1) is 13.2. The molecule has 4 heteroatoms. The van der Waals surface area contributed by atoms with Crippen LogP contribution in [0.15, 0.2) is 34.1 Å². The summed E-state index contributed by atoms with van der Waals surface area (Å²) in [6.07, 6.45) is 3.43. The van der Waals surface area contributed by atoms with Crippen molar-refractivity contribution in [1.29, 1.82) is 0 Å². The molecule has 1 aromatic carbocycles. The Labute approximate surface area is 125 Å². The number of rotatable bonds is 3. The maximum atomic E-state index is 9.56. The summed E-state index contributed by atoms with van der Waals surface area (Å²) in [4.78, 5) is 1.35. The summed E-state index contributed by atoms with van der Waals surface area (Å²) in [6, 6.07) is 8.33. The highest BCUT2D eigenvalue weighted by atomic mass is 79.9. The Morgan fingerprint density at radius 2 is 2.26 bits per heavy atom. The molecule has 19 heavy (non-hydrogen) atoms. The van der Waals surface area contributed by atoms with Crippen LogP contribution in [0.25, 0.3) is 0 Å². The minimum atomic E-state index is 0.376. The van der Waals surface area contributed by atoms with E-state index in [0.29, 0.717) is 11.8 Å². The van der Waals surface area contributed by atoms with Gasteiger partial charge in [-0.15, -0.1) is 11.3 Å². The molecule has 1 aliphatic carbocycles. The lowest BCUT2D eigenvalue weighted by atomic mass is 9.87. The lowest BCUT2D eigenvalue weighted by molar-refractivity contribution is 0.450. The van der Waals surface area contributed by atoms with E-state index in [1.807, 2.05) is 6.07 Å². The highest BCUT2D eigenvalue weighted by Gasteiger charge is 2.20. The van der Waals surface area contributed by atoms with E-state index < -0.39 is 0 Å². The minimum absolute atomic E-state index is 0.376. The summed E-state index contributed by atoms with van der Waals surface area (Å²) in [5.74, 6) is 0.376. The van der Waals surface area contributed by atoms with Crippen LogP contribution in [0, 0.1) is 0 Å². The van der Waals surface area contributed by atoms with Crippen molar-refractivity contribution in [2.45, 2.75) is 31.8 Å². The van der Waals surface area contributed by atoms with Gasteiger partial charge in [-0.25, -0.2) is 0 Å². The Hall–Kier alpha value is -0.840. The molecule has 1 heterocycles. The predicted molar refractivity (Wildman–Crippen MR) is 82.6 cm³/mol. The van der Waals surface area contributed by atoms with Crippen LogP contribution in [0.3, 0.4) is 0 Å². The van der Waals surface area contributed by atoms with Crippen molar-refractivity contribution in [3.63, 3.8) is 0 Å². The quantitative estimate of drug-likeness (QED) is 0.870. The molecular formula is C15H16BrNOS. The summed E-state index contributed by atoms with van der Waals surface area (Å²) in [5.41, 5.74) is 2.63. The van der Waals surface area contributed by atoms with Crippen molar-refractivity contribution in [2.24, 2.45) is 0 Å². The molecule has 1 unspecified atom stereocenters. The normalized spacial score (nSPS) is 18.3. The fourth-order valence-electron chi connectivity index (χ4n) is 2.68. The molecule has 2 aromatic rings. The van der Waals surface area contributed by atoms with E-state index in [1.54, 1.807) is 17.4 Å². The monoisotopic (exact) mass is 337 g/mol. The SMILES string of the molecule is Oc1ccc2c(c1)CCCC2NCc1cc(Br)cs1. The Bertz CT molecular complexity index is 581. The van der Waals surface area contributed by atoms with Crippen molar-refractivity contribution < 1.29 is 5.11 Å². The van der Waals surface area contributed by atoms with Gasteiger partial charge in [-0.3, -0.25) is 0 Å². The number of aromatic hydroxyl groups is 1. The number of benzene rings is 1. The predicted octanol–water partition coefficient (Wildman–Crippen LogP) is 4.38. The molecule has 0 fully saturated rings. The highest BCUT2D eigenvalue weighted by molar-refractivity contribution is 9.10. The second-order valence-electron chi connectivity index (χ2n) is 4.94. The second kappa shape index (κ2) is 5.65. The first-order chi connectivity index (χ1) is 9.22.